The minimum absolute atomic E-state index is 0.0696. The van der Waals surface area contributed by atoms with Crippen LogP contribution in [0, 0.1) is 6.92 Å². The quantitative estimate of drug-likeness (QED) is 0.353. The van der Waals surface area contributed by atoms with Gasteiger partial charge in [0.05, 0.1) is 12.9 Å². The third-order valence-corrected chi connectivity index (χ3v) is 6.75. The maximum absolute atomic E-state index is 12.2. The number of hydrogen-bond acceptors (Lipinski definition) is 7. The predicted octanol–water partition coefficient (Wildman–Crippen LogP) is 5.14. The van der Waals surface area contributed by atoms with Crippen molar-refractivity contribution in [1.29, 1.82) is 0 Å². The van der Waals surface area contributed by atoms with Crippen LogP contribution in [-0.2, 0) is 5.75 Å². The van der Waals surface area contributed by atoms with Gasteiger partial charge in [0, 0.05) is 22.7 Å². The molecular formula is C24H25N5O2S2. The lowest BCUT2D eigenvalue weighted by atomic mass is 10.2. The molecule has 0 saturated heterocycles. The molecule has 1 amide bonds. The van der Waals surface area contributed by atoms with Crippen LogP contribution in [-0.4, -0.2) is 38.8 Å². The van der Waals surface area contributed by atoms with Crippen LogP contribution in [0.2, 0.25) is 0 Å². The van der Waals surface area contributed by atoms with Gasteiger partial charge in [-0.3, -0.25) is 9.36 Å². The van der Waals surface area contributed by atoms with Gasteiger partial charge in [-0.05, 0) is 45.0 Å². The van der Waals surface area contributed by atoms with Crippen LogP contribution >= 0.6 is 23.1 Å². The maximum atomic E-state index is 12.2. The van der Waals surface area contributed by atoms with E-state index in [0.717, 1.165) is 33.0 Å². The Morgan fingerprint density at radius 2 is 1.97 bits per heavy atom. The summed E-state index contributed by atoms with van der Waals surface area (Å²) in [6.07, 6.45) is 0. The van der Waals surface area contributed by atoms with Gasteiger partial charge in [-0.15, -0.1) is 21.5 Å². The second-order valence-corrected chi connectivity index (χ2v) is 9.64. The van der Waals surface area contributed by atoms with E-state index in [2.05, 4.69) is 51.7 Å². The summed E-state index contributed by atoms with van der Waals surface area (Å²) in [5.41, 5.74) is 3.51. The van der Waals surface area contributed by atoms with Crippen molar-refractivity contribution >= 4 is 29.0 Å². The summed E-state index contributed by atoms with van der Waals surface area (Å²) >= 11 is 3.01. The van der Waals surface area contributed by atoms with Crippen molar-refractivity contribution in [2.24, 2.45) is 0 Å². The van der Waals surface area contributed by atoms with Crippen LogP contribution in [0.4, 0.5) is 0 Å². The molecule has 33 heavy (non-hydrogen) atoms. The number of rotatable bonds is 8. The first-order valence-corrected chi connectivity index (χ1v) is 12.4. The highest BCUT2D eigenvalue weighted by Crippen LogP contribution is 2.31. The number of methoxy groups -OCH3 is 1. The molecule has 0 unspecified atom stereocenters. The van der Waals surface area contributed by atoms with Gasteiger partial charge in [-0.25, -0.2) is 4.98 Å². The van der Waals surface area contributed by atoms with Gasteiger partial charge in [-0.1, -0.05) is 41.6 Å². The highest BCUT2D eigenvalue weighted by atomic mass is 32.2. The van der Waals surface area contributed by atoms with Crippen molar-refractivity contribution in [2.75, 3.05) is 7.11 Å². The lowest BCUT2D eigenvalue weighted by molar-refractivity contribution is 0.0938. The van der Waals surface area contributed by atoms with Crippen LogP contribution in [0.15, 0.2) is 59.1 Å². The number of thioether (sulfide) groups is 1. The lowest BCUT2D eigenvalue weighted by Crippen LogP contribution is -2.30. The van der Waals surface area contributed by atoms with Crippen molar-refractivity contribution in [1.82, 2.24) is 25.1 Å². The number of nitrogens with zero attached hydrogens (tertiary/aromatic N) is 4. The number of nitrogens with one attached hydrogen (secondary N) is 1. The minimum Gasteiger partial charge on any atom is -0.497 e. The topological polar surface area (TPSA) is 81.9 Å². The summed E-state index contributed by atoms with van der Waals surface area (Å²) in [6, 6.07) is 16.1. The highest BCUT2D eigenvalue weighted by Gasteiger charge is 2.18. The molecule has 0 aliphatic heterocycles. The first kappa shape index (κ1) is 23.0. The Kier molecular flexibility index (Phi) is 7.10. The Labute approximate surface area is 201 Å². The first-order valence-electron chi connectivity index (χ1n) is 10.5. The monoisotopic (exact) mass is 479 g/mol. The molecule has 2 heterocycles. The van der Waals surface area contributed by atoms with Gasteiger partial charge in [0.25, 0.3) is 5.91 Å². The molecule has 0 aliphatic carbocycles. The number of hydrogen-bond donors (Lipinski definition) is 1. The number of benzene rings is 2. The Hall–Kier alpha value is -3.17. The molecule has 0 spiro atoms. The van der Waals surface area contributed by atoms with Crippen LogP contribution < -0.4 is 10.1 Å². The number of amides is 1. The van der Waals surface area contributed by atoms with Gasteiger partial charge in [0.15, 0.2) is 11.0 Å². The zero-order chi connectivity index (χ0) is 23.4. The molecule has 0 fully saturated rings. The van der Waals surface area contributed by atoms with Crippen molar-refractivity contribution in [2.45, 2.75) is 37.7 Å². The van der Waals surface area contributed by atoms with E-state index >= 15 is 0 Å². The molecule has 170 valence electrons. The summed E-state index contributed by atoms with van der Waals surface area (Å²) in [6.45, 7) is 5.92. The number of carbonyl (C=O) groups excluding carboxylic acids is 1. The van der Waals surface area contributed by atoms with Crippen molar-refractivity contribution in [3.05, 3.63) is 70.2 Å². The Morgan fingerprint density at radius 3 is 2.70 bits per heavy atom. The van der Waals surface area contributed by atoms with Gasteiger partial charge < -0.3 is 10.1 Å². The van der Waals surface area contributed by atoms with E-state index in [-0.39, 0.29) is 11.9 Å². The Bertz CT molecular complexity index is 1250. The normalized spacial score (nSPS) is 11.1. The molecule has 4 rings (SSSR count). The fourth-order valence-corrected chi connectivity index (χ4v) is 4.93. The SMILES string of the molecule is COc1cccc(-c2nnc(SCc3nc(C(=O)NC(C)C)cs3)n2-c2ccc(C)cc2)c1. The smallest absolute Gasteiger partial charge is 0.270 e. The predicted molar refractivity (Wildman–Crippen MR) is 132 cm³/mol. The zero-order valence-corrected chi connectivity index (χ0v) is 20.5. The van der Waals surface area contributed by atoms with Gasteiger partial charge >= 0.3 is 0 Å². The van der Waals surface area contributed by atoms with Gasteiger partial charge in [0.2, 0.25) is 0 Å². The standard InChI is InChI=1S/C24H25N5O2S2/c1-15(2)25-23(30)20-13-32-21(26-20)14-33-24-28-27-22(17-6-5-7-19(12-17)31-4)29(24)18-10-8-16(3)9-11-18/h5-13,15H,14H2,1-4H3,(H,25,30). The van der Waals surface area contributed by atoms with Crippen molar-refractivity contribution in [3.8, 4) is 22.8 Å². The van der Waals surface area contributed by atoms with Crippen LogP contribution in [0.5, 0.6) is 5.75 Å². The van der Waals surface area contributed by atoms with E-state index in [1.54, 1.807) is 12.5 Å². The summed E-state index contributed by atoms with van der Waals surface area (Å²) in [7, 11) is 1.65. The fraction of sp³-hybridized carbons (Fsp3) is 0.250. The summed E-state index contributed by atoms with van der Waals surface area (Å²) in [5.74, 6) is 1.93. The van der Waals surface area contributed by atoms with Gasteiger partial charge in [0.1, 0.15) is 16.5 Å². The lowest BCUT2D eigenvalue weighted by Gasteiger charge is -2.11. The van der Waals surface area contributed by atoms with E-state index in [9.17, 15) is 4.79 Å². The number of thiazole rings is 1. The second kappa shape index (κ2) is 10.2. The molecule has 0 radical (unpaired) electrons. The molecule has 1 N–H and O–H groups in total. The first-order chi connectivity index (χ1) is 15.9. The van der Waals surface area contributed by atoms with E-state index in [0.29, 0.717) is 11.4 Å². The fourth-order valence-electron chi connectivity index (χ4n) is 3.18. The summed E-state index contributed by atoms with van der Waals surface area (Å²) in [4.78, 5) is 16.7. The van der Waals surface area contributed by atoms with E-state index < -0.39 is 0 Å². The largest absolute Gasteiger partial charge is 0.497 e. The third-order valence-electron chi connectivity index (χ3n) is 4.78. The summed E-state index contributed by atoms with van der Waals surface area (Å²) in [5, 5.41) is 15.2. The number of carbonyl (C=O) groups is 1. The van der Waals surface area contributed by atoms with E-state index in [4.69, 9.17) is 4.74 Å². The molecule has 0 bridgehead atoms. The van der Waals surface area contributed by atoms with Crippen molar-refractivity contribution in [3.63, 3.8) is 0 Å². The Balaban J connectivity index is 1.63. The molecule has 0 aliphatic rings. The molecule has 2 aromatic carbocycles. The molecular weight excluding hydrogens is 454 g/mol. The number of ether oxygens (including phenoxy) is 1. The summed E-state index contributed by atoms with van der Waals surface area (Å²) < 4.78 is 7.43. The third kappa shape index (κ3) is 5.43. The average Bonchev–Trinajstić information content (AvgIpc) is 3.45. The van der Waals surface area contributed by atoms with Crippen LogP contribution in [0.3, 0.4) is 0 Å². The molecule has 2 aromatic heterocycles. The minimum atomic E-state index is -0.152. The number of aromatic nitrogens is 4. The van der Waals surface area contributed by atoms with Gasteiger partial charge in [-0.2, -0.15) is 0 Å². The molecule has 0 atom stereocenters. The molecule has 0 saturated carbocycles. The van der Waals surface area contributed by atoms with E-state index in [1.807, 2.05) is 42.7 Å². The van der Waals surface area contributed by atoms with Crippen LogP contribution in [0.1, 0.15) is 34.9 Å². The molecule has 7 nitrogen and oxygen atoms in total. The maximum Gasteiger partial charge on any atom is 0.270 e. The molecule has 4 aromatic rings. The second-order valence-electron chi connectivity index (χ2n) is 7.75. The Morgan fingerprint density at radius 1 is 1.18 bits per heavy atom. The van der Waals surface area contributed by atoms with E-state index in [1.165, 1.54) is 28.7 Å². The molecule has 9 heteroatoms. The van der Waals surface area contributed by atoms with Crippen molar-refractivity contribution < 1.29 is 9.53 Å². The van der Waals surface area contributed by atoms with Crippen LogP contribution in [0.25, 0.3) is 17.1 Å². The number of aryl methyl sites for hydroxylation is 1. The zero-order valence-electron chi connectivity index (χ0n) is 18.9. The average molecular weight is 480 g/mol. The highest BCUT2D eigenvalue weighted by molar-refractivity contribution is 7.98.